The van der Waals surface area contributed by atoms with Gasteiger partial charge in [0.2, 0.25) is 11.9 Å². The van der Waals surface area contributed by atoms with Gasteiger partial charge >= 0.3 is 0 Å². The first-order valence-corrected chi connectivity index (χ1v) is 6.15. The molecule has 0 bridgehead atoms. The molecule has 6 heteroatoms. The van der Waals surface area contributed by atoms with Gasteiger partial charge in [-0.3, -0.25) is 4.79 Å². The van der Waals surface area contributed by atoms with Gasteiger partial charge in [0.25, 0.3) is 0 Å². The van der Waals surface area contributed by atoms with Crippen molar-refractivity contribution in [1.82, 2.24) is 14.9 Å². The maximum absolute atomic E-state index is 13.1. The molecule has 2 rings (SSSR count). The number of fused-ring (bicyclic) bond motifs is 1. The molecule has 19 heavy (non-hydrogen) atoms. The zero-order chi connectivity index (χ0) is 14.0. The number of halogens is 1. The van der Waals surface area contributed by atoms with E-state index in [0.717, 1.165) is 0 Å². The smallest absolute Gasteiger partial charge is 0.240 e. The summed E-state index contributed by atoms with van der Waals surface area (Å²) in [6.45, 7) is 4.73. The second-order valence-electron chi connectivity index (χ2n) is 4.89. The lowest BCUT2D eigenvalue weighted by Gasteiger charge is -2.09. The summed E-state index contributed by atoms with van der Waals surface area (Å²) >= 11 is 0. The molecular weight excluding hydrogens is 247 g/mol. The lowest BCUT2D eigenvalue weighted by atomic mass is 10.2. The molecule has 0 aliphatic carbocycles. The summed E-state index contributed by atoms with van der Waals surface area (Å²) in [5.41, 5.74) is 6.86. The molecule has 0 fully saturated rings. The summed E-state index contributed by atoms with van der Waals surface area (Å²) in [5, 5.41) is 2.81. The highest BCUT2D eigenvalue weighted by molar-refractivity contribution is 5.82. The second-order valence-corrected chi connectivity index (χ2v) is 4.89. The van der Waals surface area contributed by atoms with Gasteiger partial charge < -0.3 is 15.6 Å². The summed E-state index contributed by atoms with van der Waals surface area (Å²) in [7, 11) is 0. The summed E-state index contributed by atoms with van der Waals surface area (Å²) in [4.78, 5) is 15.8. The van der Waals surface area contributed by atoms with Gasteiger partial charge in [0.1, 0.15) is 12.4 Å². The van der Waals surface area contributed by atoms with Crippen LogP contribution in [0.5, 0.6) is 0 Å². The number of imidazole rings is 1. The molecule has 102 valence electrons. The third-order valence-corrected chi connectivity index (χ3v) is 2.75. The number of carbonyl (C=O) groups excluding carboxylic acids is 1. The predicted molar refractivity (Wildman–Crippen MR) is 72.0 cm³/mol. The number of hydrogen-bond donors (Lipinski definition) is 2. The Bertz CT molecular complexity index is 606. The molecule has 1 aromatic carbocycles. The van der Waals surface area contributed by atoms with Crippen molar-refractivity contribution in [2.75, 3.05) is 12.3 Å². The molecule has 0 atom stereocenters. The van der Waals surface area contributed by atoms with Gasteiger partial charge in [0.15, 0.2) is 0 Å². The van der Waals surface area contributed by atoms with Crippen LogP contribution in [-0.2, 0) is 11.3 Å². The Balaban J connectivity index is 2.20. The first-order chi connectivity index (χ1) is 8.97. The fraction of sp³-hybridized carbons (Fsp3) is 0.385. The van der Waals surface area contributed by atoms with E-state index in [2.05, 4.69) is 10.3 Å². The van der Waals surface area contributed by atoms with Gasteiger partial charge in [-0.15, -0.1) is 0 Å². The highest BCUT2D eigenvalue weighted by atomic mass is 19.1. The Labute approximate surface area is 110 Å². The number of amides is 1. The molecule has 2 aromatic rings. The first kappa shape index (κ1) is 13.3. The summed E-state index contributed by atoms with van der Waals surface area (Å²) in [6.07, 6.45) is 0. The molecular formula is C13H17FN4O. The number of nitrogens with zero attached hydrogens (tertiary/aromatic N) is 2. The third-order valence-electron chi connectivity index (χ3n) is 2.75. The van der Waals surface area contributed by atoms with Gasteiger partial charge in [-0.2, -0.15) is 0 Å². The van der Waals surface area contributed by atoms with Crippen molar-refractivity contribution in [2.45, 2.75) is 20.4 Å². The number of rotatable bonds is 4. The van der Waals surface area contributed by atoms with Gasteiger partial charge in [0, 0.05) is 12.6 Å². The molecule has 0 saturated heterocycles. The van der Waals surface area contributed by atoms with Gasteiger partial charge in [-0.05, 0) is 18.1 Å². The lowest BCUT2D eigenvalue weighted by Crippen LogP contribution is -2.30. The molecule has 0 aliphatic rings. The molecule has 0 unspecified atom stereocenters. The minimum atomic E-state index is -0.374. The first-order valence-electron chi connectivity index (χ1n) is 6.15. The maximum atomic E-state index is 13.1. The molecule has 1 aromatic heterocycles. The Kier molecular flexibility index (Phi) is 3.69. The zero-order valence-electron chi connectivity index (χ0n) is 11.0. The number of anilines is 1. The largest absolute Gasteiger partial charge is 0.369 e. The Morgan fingerprint density at radius 2 is 2.26 bits per heavy atom. The molecule has 5 nitrogen and oxygen atoms in total. The van der Waals surface area contributed by atoms with Crippen molar-refractivity contribution in [3.63, 3.8) is 0 Å². The van der Waals surface area contributed by atoms with Crippen LogP contribution in [0.25, 0.3) is 11.0 Å². The maximum Gasteiger partial charge on any atom is 0.240 e. The van der Waals surface area contributed by atoms with Gasteiger partial charge in [-0.25, -0.2) is 9.37 Å². The Morgan fingerprint density at radius 1 is 1.53 bits per heavy atom. The van der Waals surface area contributed by atoms with E-state index in [0.29, 0.717) is 23.5 Å². The highest BCUT2D eigenvalue weighted by Crippen LogP contribution is 2.18. The van der Waals surface area contributed by atoms with Crippen molar-refractivity contribution < 1.29 is 9.18 Å². The van der Waals surface area contributed by atoms with Crippen LogP contribution in [0.15, 0.2) is 18.2 Å². The SMILES string of the molecule is CC(C)CNC(=O)Cn1c(N)nc2cc(F)ccc21. The third kappa shape index (κ3) is 3.01. The molecule has 0 spiro atoms. The topological polar surface area (TPSA) is 72.9 Å². The zero-order valence-corrected chi connectivity index (χ0v) is 11.0. The number of nitrogens with one attached hydrogen (secondary N) is 1. The number of hydrogen-bond acceptors (Lipinski definition) is 3. The molecule has 1 heterocycles. The fourth-order valence-corrected chi connectivity index (χ4v) is 1.81. The van der Waals surface area contributed by atoms with E-state index in [1.807, 2.05) is 13.8 Å². The van der Waals surface area contributed by atoms with Crippen molar-refractivity contribution in [2.24, 2.45) is 5.92 Å². The summed E-state index contributed by atoms with van der Waals surface area (Å²) in [6, 6.07) is 4.20. The van der Waals surface area contributed by atoms with Crippen LogP contribution in [0, 0.1) is 11.7 Å². The van der Waals surface area contributed by atoms with E-state index in [1.54, 1.807) is 10.6 Å². The van der Waals surface area contributed by atoms with E-state index >= 15 is 0 Å². The standard InChI is InChI=1S/C13H17FN4O/c1-8(2)6-16-12(19)7-18-11-4-3-9(14)5-10(11)17-13(18)15/h3-5,8H,6-7H2,1-2H3,(H2,15,17)(H,16,19). The lowest BCUT2D eigenvalue weighted by molar-refractivity contribution is -0.121. The van der Waals surface area contributed by atoms with Crippen LogP contribution in [0.3, 0.4) is 0 Å². The van der Waals surface area contributed by atoms with E-state index in [-0.39, 0.29) is 24.2 Å². The fourth-order valence-electron chi connectivity index (χ4n) is 1.81. The normalized spacial score (nSPS) is 11.2. The second kappa shape index (κ2) is 5.26. The number of aromatic nitrogens is 2. The van der Waals surface area contributed by atoms with Gasteiger partial charge in [0.05, 0.1) is 11.0 Å². The molecule has 3 N–H and O–H groups in total. The number of nitrogen functional groups attached to an aromatic ring is 1. The Morgan fingerprint density at radius 3 is 2.95 bits per heavy atom. The van der Waals surface area contributed by atoms with E-state index in [1.165, 1.54) is 12.1 Å². The molecule has 0 radical (unpaired) electrons. The molecule has 0 aliphatic heterocycles. The highest BCUT2D eigenvalue weighted by Gasteiger charge is 2.12. The average molecular weight is 264 g/mol. The summed E-state index contributed by atoms with van der Waals surface area (Å²) < 4.78 is 14.7. The molecule has 0 saturated carbocycles. The van der Waals surface area contributed by atoms with Crippen molar-refractivity contribution >= 4 is 22.9 Å². The van der Waals surface area contributed by atoms with Crippen LogP contribution >= 0.6 is 0 Å². The van der Waals surface area contributed by atoms with Crippen LogP contribution in [0.2, 0.25) is 0 Å². The molecule has 1 amide bonds. The van der Waals surface area contributed by atoms with Crippen molar-refractivity contribution in [3.8, 4) is 0 Å². The van der Waals surface area contributed by atoms with Crippen LogP contribution in [0.4, 0.5) is 10.3 Å². The van der Waals surface area contributed by atoms with E-state index < -0.39 is 0 Å². The Hall–Kier alpha value is -2.11. The monoisotopic (exact) mass is 264 g/mol. The van der Waals surface area contributed by atoms with Crippen molar-refractivity contribution in [1.29, 1.82) is 0 Å². The quantitative estimate of drug-likeness (QED) is 0.879. The predicted octanol–water partition coefficient (Wildman–Crippen LogP) is 1.53. The average Bonchev–Trinajstić information content (AvgIpc) is 2.62. The number of benzene rings is 1. The van der Waals surface area contributed by atoms with Gasteiger partial charge in [-0.1, -0.05) is 13.8 Å². The van der Waals surface area contributed by atoms with Crippen LogP contribution < -0.4 is 11.1 Å². The van der Waals surface area contributed by atoms with E-state index in [9.17, 15) is 9.18 Å². The minimum Gasteiger partial charge on any atom is -0.369 e. The minimum absolute atomic E-state index is 0.0840. The van der Waals surface area contributed by atoms with Crippen LogP contribution in [-0.4, -0.2) is 22.0 Å². The van der Waals surface area contributed by atoms with E-state index in [4.69, 9.17) is 5.73 Å². The summed E-state index contributed by atoms with van der Waals surface area (Å²) in [5.74, 6) is 0.0839. The van der Waals surface area contributed by atoms with Crippen LogP contribution in [0.1, 0.15) is 13.8 Å². The number of carbonyl (C=O) groups is 1. The number of nitrogens with two attached hydrogens (primary N) is 1. The van der Waals surface area contributed by atoms with Crippen molar-refractivity contribution in [3.05, 3.63) is 24.0 Å².